The number of methoxy groups -OCH3 is 1. The molecule has 6 heteroatoms. The second-order valence-electron chi connectivity index (χ2n) is 6.15. The number of hydrogen-bond acceptors (Lipinski definition) is 4. The van der Waals surface area contributed by atoms with Crippen molar-refractivity contribution in [3.8, 4) is 5.75 Å². The van der Waals surface area contributed by atoms with Gasteiger partial charge >= 0.3 is 5.97 Å². The summed E-state index contributed by atoms with van der Waals surface area (Å²) in [5.41, 5.74) is 1.91. The van der Waals surface area contributed by atoms with Crippen LogP contribution in [0.1, 0.15) is 24.5 Å². The number of halogens is 1. The van der Waals surface area contributed by atoms with Gasteiger partial charge in [0.15, 0.2) is 6.10 Å². The van der Waals surface area contributed by atoms with Crippen LogP contribution in [-0.4, -0.2) is 31.6 Å². The van der Waals surface area contributed by atoms with Crippen LogP contribution in [0.4, 0.5) is 4.39 Å². The van der Waals surface area contributed by atoms with E-state index in [-0.39, 0.29) is 18.1 Å². The van der Waals surface area contributed by atoms with Crippen LogP contribution in [-0.2, 0) is 27.2 Å². The van der Waals surface area contributed by atoms with Crippen molar-refractivity contribution >= 4 is 11.9 Å². The maximum atomic E-state index is 12.8. The predicted molar refractivity (Wildman–Crippen MR) is 100.0 cm³/mol. The van der Waals surface area contributed by atoms with E-state index in [2.05, 4.69) is 5.32 Å². The molecule has 5 nitrogen and oxygen atoms in total. The molecule has 2 aromatic carbocycles. The van der Waals surface area contributed by atoms with Gasteiger partial charge in [-0.3, -0.25) is 9.59 Å². The molecule has 0 fully saturated rings. The first-order valence-corrected chi connectivity index (χ1v) is 8.82. The average molecular weight is 373 g/mol. The van der Waals surface area contributed by atoms with Crippen molar-refractivity contribution in [2.75, 3.05) is 13.7 Å². The molecule has 0 aliphatic heterocycles. The zero-order valence-corrected chi connectivity index (χ0v) is 15.5. The Hall–Kier alpha value is -2.89. The first kappa shape index (κ1) is 20.4. The number of carbonyl (C=O) groups is 2. The molecule has 0 aliphatic carbocycles. The zero-order valence-electron chi connectivity index (χ0n) is 15.5. The molecule has 0 bridgehead atoms. The van der Waals surface area contributed by atoms with Gasteiger partial charge in [-0.1, -0.05) is 24.3 Å². The van der Waals surface area contributed by atoms with Gasteiger partial charge in [-0.05, 0) is 55.2 Å². The molecule has 0 aromatic heterocycles. The van der Waals surface area contributed by atoms with E-state index in [9.17, 15) is 14.0 Å². The standard InChI is InChI=1S/C21H24FNO4/c1-15(21(25)23-14-13-17-3-8-18(22)9-4-17)27-20(24)12-7-16-5-10-19(26-2)11-6-16/h3-6,8-11,15H,7,12-14H2,1-2H3,(H,23,25)/t15-/m1/s1. The van der Waals surface area contributed by atoms with Gasteiger partial charge < -0.3 is 14.8 Å². The molecule has 0 unspecified atom stereocenters. The van der Waals surface area contributed by atoms with Crippen LogP contribution in [0.5, 0.6) is 5.75 Å². The molecule has 1 atom stereocenters. The monoisotopic (exact) mass is 373 g/mol. The van der Waals surface area contributed by atoms with Crippen LogP contribution in [0.25, 0.3) is 0 Å². The van der Waals surface area contributed by atoms with Crippen LogP contribution in [0.15, 0.2) is 48.5 Å². The van der Waals surface area contributed by atoms with E-state index < -0.39 is 12.1 Å². The Morgan fingerprint density at radius 2 is 1.59 bits per heavy atom. The molecule has 0 radical (unpaired) electrons. The molecular formula is C21H24FNO4. The van der Waals surface area contributed by atoms with Crippen molar-refractivity contribution in [3.05, 3.63) is 65.5 Å². The van der Waals surface area contributed by atoms with Crippen molar-refractivity contribution in [1.29, 1.82) is 0 Å². The Morgan fingerprint density at radius 1 is 1.00 bits per heavy atom. The van der Waals surface area contributed by atoms with Crippen LogP contribution >= 0.6 is 0 Å². The number of esters is 1. The van der Waals surface area contributed by atoms with Crippen LogP contribution in [0.3, 0.4) is 0 Å². The van der Waals surface area contributed by atoms with Crippen molar-refractivity contribution in [1.82, 2.24) is 5.32 Å². The fourth-order valence-electron chi connectivity index (χ4n) is 2.47. The van der Waals surface area contributed by atoms with Gasteiger partial charge in [0, 0.05) is 13.0 Å². The number of ether oxygens (including phenoxy) is 2. The van der Waals surface area contributed by atoms with Crippen LogP contribution in [0, 0.1) is 5.82 Å². The van der Waals surface area contributed by atoms with Gasteiger partial charge in [0.05, 0.1) is 7.11 Å². The summed E-state index contributed by atoms with van der Waals surface area (Å²) >= 11 is 0. The van der Waals surface area contributed by atoms with Crippen molar-refractivity contribution in [2.24, 2.45) is 0 Å². The zero-order chi connectivity index (χ0) is 19.6. The van der Waals surface area contributed by atoms with Gasteiger partial charge in [-0.15, -0.1) is 0 Å². The molecule has 0 saturated heterocycles. The van der Waals surface area contributed by atoms with Crippen LogP contribution < -0.4 is 10.1 Å². The summed E-state index contributed by atoms with van der Waals surface area (Å²) in [6.07, 6.45) is 0.437. The Morgan fingerprint density at radius 3 is 2.22 bits per heavy atom. The number of carbonyl (C=O) groups excluding carboxylic acids is 2. The van der Waals surface area contributed by atoms with Crippen molar-refractivity contribution in [2.45, 2.75) is 32.3 Å². The van der Waals surface area contributed by atoms with Gasteiger partial charge in [-0.25, -0.2) is 4.39 Å². The Kier molecular flexibility index (Phi) is 7.79. The SMILES string of the molecule is COc1ccc(CCC(=O)O[C@H](C)C(=O)NCCc2ccc(F)cc2)cc1. The molecule has 1 amide bonds. The molecule has 27 heavy (non-hydrogen) atoms. The molecule has 2 rings (SSSR count). The summed E-state index contributed by atoms with van der Waals surface area (Å²) in [6.45, 7) is 1.93. The molecule has 0 saturated carbocycles. The van der Waals surface area contributed by atoms with Gasteiger partial charge in [-0.2, -0.15) is 0 Å². The average Bonchev–Trinajstić information content (AvgIpc) is 2.68. The van der Waals surface area contributed by atoms with E-state index >= 15 is 0 Å². The molecule has 0 spiro atoms. The summed E-state index contributed by atoms with van der Waals surface area (Å²) in [5.74, 6) is -0.313. The Bertz CT molecular complexity index is 744. The highest BCUT2D eigenvalue weighted by Crippen LogP contribution is 2.13. The highest BCUT2D eigenvalue weighted by atomic mass is 19.1. The topological polar surface area (TPSA) is 64.6 Å². The number of rotatable bonds is 9. The van der Waals surface area contributed by atoms with E-state index in [0.717, 1.165) is 16.9 Å². The van der Waals surface area contributed by atoms with Crippen molar-refractivity contribution < 1.29 is 23.5 Å². The quantitative estimate of drug-likeness (QED) is 0.686. The summed E-state index contributed by atoms with van der Waals surface area (Å²) < 4.78 is 23.1. The second-order valence-corrected chi connectivity index (χ2v) is 6.15. The molecule has 0 aliphatic rings. The van der Waals surface area contributed by atoms with E-state index in [1.807, 2.05) is 24.3 Å². The first-order valence-electron chi connectivity index (χ1n) is 8.82. The minimum absolute atomic E-state index is 0.194. The minimum Gasteiger partial charge on any atom is -0.497 e. The first-order chi connectivity index (χ1) is 13.0. The maximum absolute atomic E-state index is 12.8. The van der Waals surface area contributed by atoms with Crippen molar-refractivity contribution in [3.63, 3.8) is 0 Å². The van der Waals surface area contributed by atoms with E-state index in [0.29, 0.717) is 19.4 Å². The van der Waals surface area contributed by atoms with Gasteiger partial charge in [0.1, 0.15) is 11.6 Å². The second kappa shape index (κ2) is 10.3. The third kappa shape index (κ3) is 7.09. The summed E-state index contributed by atoms with van der Waals surface area (Å²) in [6, 6.07) is 13.5. The Labute approximate surface area is 158 Å². The van der Waals surface area contributed by atoms with Gasteiger partial charge in [0.25, 0.3) is 5.91 Å². The predicted octanol–water partition coefficient (Wildman–Crippen LogP) is 3.06. The minimum atomic E-state index is -0.860. The molecule has 1 N–H and O–H groups in total. The fraction of sp³-hybridized carbons (Fsp3) is 0.333. The summed E-state index contributed by atoms with van der Waals surface area (Å²) in [7, 11) is 1.60. The number of amides is 1. The maximum Gasteiger partial charge on any atom is 0.306 e. The highest BCUT2D eigenvalue weighted by molar-refractivity contribution is 5.83. The molecule has 0 heterocycles. The molecular weight excluding hydrogens is 349 g/mol. The normalized spacial score (nSPS) is 11.5. The number of nitrogens with one attached hydrogen (secondary N) is 1. The van der Waals surface area contributed by atoms with Crippen LogP contribution in [0.2, 0.25) is 0 Å². The number of aryl methyl sites for hydroxylation is 1. The lowest BCUT2D eigenvalue weighted by molar-refractivity contribution is -0.154. The lowest BCUT2D eigenvalue weighted by Crippen LogP contribution is -2.36. The lowest BCUT2D eigenvalue weighted by atomic mass is 10.1. The smallest absolute Gasteiger partial charge is 0.306 e. The van der Waals surface area contributed by atoms with E-state index in [4.69, 9.17) is 9.47 Å². The number of benzene rings is 2. The third-order valence-corrected chi connectivity index (χ3v) is 4.08. The largest absolute Gasteiger partial charge is 0.497 e. The fourth-order valence-corrected chi connectivity index (χ4v) is 2.47. The van der Waals surface area contributed by atoms with Gasteiger partial charge in [0.2, 0.25) is 0 Å². The summed E-state index contributed by atoms with van der Waals surface area (Å²) in [4.78, 5) is 23.9. The third-order valence-electron chi connectivity index (χ3n) is 4.08. The number of hydrogen-bond donors (Lipinski definition) is 1. The Balaban J connectivity index is 1.67. The lowest BCUT2D eigenvalue weighted by Gasteiger charge is -2.13. The molecule has 2 aromatic rings. The molecule has 144 valence electrons. The summed E-state index contributed by atoms with van der Waals surface area (Å²) in [5, 5.41) is 2.71. The van der Waals surface area contributed by atoms with E-state index in [1.165, 1.54) is 12.1 Å². The van der Waals surface area contributed by atoms with E-state index in [1.54, 1.807) is 26.2 Å². The highest BCUT2D eigenvalue weighted by Gasteiger charge is 2.17.